The molecule has 32 heavy (non-hydrogen) atoms. The van der Waals surface area contributed by atoms with Crippen molar-refractivity contribution in [1.82, 2.24) is 15.2 Å². The van der Waals surface area contributed by atoms with Crippen molar-refractivity contribution in [3.63, 3.8) is 0 Å². The number of carboxylic acid groups (broad SMARTS) is 2. The molecule has 2 aliphatic heterocycles. The van der Waals surface area contributed by atoms with Crippen molar-refractivity contribution in [3.8, 4) is 0 Å². The Labute approximate surface area is 185 Å². The molecule has 0 unspecified atom stereocenters. The van der Waals surface area contributed by atoms with Gasteiger partial charge in [-0.15, -0.1) is 11.3 Å². The van der Waals surface area contributed by atoms with Gasteiger partial charge in [0.15, 0.2) is 10.8 Å². The maximum Gasteiger partial charge on any atom is 0.336 e. The minimum absolute atomic E-state index is 0.129. The summed E-state index contributed by atoms with van der Waals surface area (Å²) in [7, 11) is 0. The van der Waals surface area contributed by atoms with Gasteiger partial charge in [0.25, 0.3) is 0 Å². The fourth-order valence-electron chi connectivity index (χ4n) is 4.17. The monoisotopic (exact) mass is 462 g/mol. The molecule has 1 aromatic heterocycles. The summed E-state index contributed by atoms with van der Waals surface area (Å²) in [6, 6.07) is 4.27. The van der Waals surface area contributed by atoms with Crippen molar-refractivity contribution in [1.29, 1.82) is 0 Å². The molecule has 1 aromatic carbocycles. The highest BCUT2D eigenvalue weighted by Crippen LogP contribution is 2.39. The number of nitrogens with zero attached hydrogens (tertiary/aromatic N) is 3. The lowest BCUT2D eigenvalue weighted by Crippen LogP contribution is -2.46. The second-order valence-electron chi connectivity index (χ2n) is 7.78. The SMILES string of the molecule is C[C@@]1(c2ccc(F)cc2)N=C(c2nccs2)NC(CN2C[C@@H](F)C[C@H]2C(=O)O)=C1C(=O)O. The third-order valence-electron chi connectivity index (χ3n) is 5.65. The molecule has 11 heteroatoms. The van der Waals surface area contributed by atoms with E-state index >= 15 is 0 Å². The quantitative estimate of drug-likeness (QED) is 0.604. The van der Waals surface area contributed by atoms with Crippen LogP contribution in [-0.2, 0) is 15.1 Å². The van der Waals surface area contributed by atoms with E-state index in [0.717, 1.165) is 0 Å². The van der Waals surface area contributed by atoms with Crippen LogP contribution in [-0.4, -0.2) is 63.2 Å². The Morgan fingerprint density at radius 3 is 2.62 bits per heavy atom. The van der Waals surface area contributed by atoms with Gasteiger partial charge < -0.3 is 15.5 Å². The highest BCUT2D eigenvalue weighted by molar-refractivity contribution is 7.11. The summed E-state index contributed by atoms with van der Waals surface area (Å²) >= 11 is 1.29. The smallest absolute Gasteiger partial charge is 0.336 e. The maximum absolute atomic E-state index is 14.0. The van der Waals surface area contributed by atoms with E-state index in [2.05, 4.69) is 15.3 Å². The van der Waals surface area contributed by atoms with Gasteiger partial charge in [-0.1, -0.05) is 12.1 Å². The summed E-state index contributed by atoms with van der Waals surface area (Å²) < 4.78 is 27.6. The molecule has 0 spiro atoms. The van der Waals surface area contributed by atoms with Gasteiger partial charge in [0.05, 0.1) is 5.57 Å². The molecule has 0 bridgehead atoms. The van der Waals surface area contributed by atoms with E-state index in [9.17, 15) is 28.6 Å². The van der Waals surface area contributed by atoms with E-state index in [1.165, 1.54) is 40.5 Å². The lowest BCUT2D eigenvalue weighted by atomic mass is 9.82. The van der Waals surface area contributed by atoms with Crippen LogP contribution in [0, 0.1) is 5.82 Å². The maximum atomic E-state index is 14.0. The minimum Gasteiger partial charge on any atom is -0.480 e. The Bertz CT molecular complexity index is 1100. The predicted molar refractivity (Wildman–Crippen MR) is 113 cm³/mol. The first-order chi connectivity index (χ1) is 15.2. The zero-order valence-corrected chi connectivity index (χ0v) is 17.8. The molecule has 0 amide bonds. The van der Waals surface area contributed by atoms with Gasteiger partial charge >= 0.3 is 11.9 Å². The number of alkyl halides is 1. The average molecular weight is 462 g/mol. The molecule has 1 saturated heterocycles. The Kier molecular flexibility index (Phi) is 5.78. The predicted octanol–water partition coefficient (Wildman–Crippen LogP) is 2.38. The number of hydrogen-bond donors (Lipinski definition) is 3. The first-order valence-corrected chi connectivity index (χ1v) is 10.7. The summed E-state index contributed by atoms with van der Waals surface area (Å²) in [5, 5.41) is 24.8. The van der Waals surface area contributed by atoms with Crippen molar-refractivity contribution < 1.29 is 28.6 Å². The first-order valence-electron chi connectivity index (χ1n) is 9.79. The van der Waals surface area contributed by atoms with Gasteiger partial charge in [0.2, 0.25) is 0 Å². The number of nitrogens with one attached hydrogen (secondary N) is 1. The normalized spacial score (nSPS) is 26.0. The molecule has 1 fully saturated rings. The largest absolute Gasteiger partial charge is 0.480 e. The van der Waals surface area contributed by atoms with E-state index in [0.29, 0.717) is 16.4 Å². The molecule has 168 valence electrons. The number of rotatable bonds is 6. The molecule has 8 nitrogen and oxygen atoms in total. The number of amidine groups is 1. The summed E-state index contributed by atoms with van der Waals surface area (Å²) in [5.74, 6) is -2.63. The zero-order valence-electron chi connectivity index (χ0n) is 17.0. The number of halogens is 2. The van der Waals surface area contributed by atoms with Gasteiger partial charge in [-0.3, -0.25) is 9.69 Å². The van der Waals surface area contributed by atoms with Crippen molar-refractivity contribution in [2.45, 2.75) is 31.1 Å². The number of aromatic nitrogens is 1. The first kappa shape index (κ1) is 22.0. The van der Waals surface area contributed by atoms with Crippen molar-refractivity contribution in [2.75, 3.05) is 13.1 Å². The Balaban J connectivity index is 1.84. The molecule has 2 aliphatic rings. The number of carbonyl (C=O) groups is 2. The van der Waals surface area contributed by atoms with Crippen LogP contribution in [0.5, 0.6) is 0 Å². The van der Waals surface area contributed by atoms with Crippen LogP contribution < -0.4 is 5.32 Å². The molecule has 3 heterocycles. The van der Waals surface area contributed by atoms with Gasteiger partial charge in [-0.05, 0) is 24.6 Å². The van der Waals surface area contributed by atoms with Crippen LogP contribution in [0.1, 0.15) is 23.9 Å². The second-order valence-corrected chi connectivity index (χ2v) is 8.67. The fraction of sp³-hybridized carbons (Fsp3) is 0.333. The van der Waals surface area contributed by atoms with E-state index in [1.54, 1.807) is 18.5 Å². The molecule has 3 atom stereocenters. The topological polar surface area (TPSA) is 115 Å². The van der Waals surface area contributed by atoms with Gasteiger partial charge in [0.1, 0.15) is 23.6 Å². The number of likely N-dealkylation sites (tertiary alicyclic amines) is 1. The third kappa shape index (κ3) is 4.00. The Morgan fingerprint density at radius 2 is 2.03 bits per heavy atom. The van der Waals surface area contributed by atoms with E-state index in [-0.39, 0.29) is 30.8 Å². The molecule has 4 rings (SSSR count). The van der Waals surface area contributed by atoms with Crippen LogP contribution in [0.15, 0.2) is 52.1 Å². The van der Waals surface area contributed by atoms with Crippen LogP contribution in [0.2, 0.25) is 0 Å². The van der Waals surface area contributed by atoms with Gasteiger partial charge in [-0.2, -0.15) is 0 Å². The molecule has 3 N–H and O–H groups in total. The molecular weight excluding hydrogens is 442 g/mol. The summed E-state index contributed by atoms with van der Waals surface area (Å²) in [5.41, 5.74) is -0.932. The van der Waals surface area contributed by atoms with E-state index < -0.39 is 35.5 Å². The van der Waals surface area contributed by atoms with Crippen LogP contribution in [0.4, 0.5) is 8.78 Å². The number of aliphatic carboxylic acids is 2. The number of benzene rings is 1. The van der Waals surface area contributed by atoms with Crippen molar-refractivity contribution >= 4 is 29.1 Å². The Morgan fingerprint density at radius 1 is 1.31 bits per heavy atom. The molecular formula is C21H20F2N4O4S. The van der Waals surface area contributed by atoms with Crippen molar-refractivity contribution in [3.05, 3.63) is 63.5 Å². The fourth-order valence-corrected chi connectivity index (χ4v) is 4.75. The third-order valence-corrected chi connectivity index (χ3v) is 6.43. The van der Waals surface area contributed by atoms with Crippen LogP contribution >= 0.6 is 11.3 Å². The summed E-state index contributed by atoms with van der Waals surface area (Å²) in [6.45, 7) is 1.32. The van der Waals surface area contributed by atoms with Gasteiger partial charge in [0, 0.05) is 36.8 Å². The number of thiazole rings is 1. The molecule has 0 saturated carbocycles. The average Bonchev–Trinajstić information content (AvgIpc) is 3.37. The van der Waals surface area contributed by atoms with E-state index in [4.69, 9.17) is 0 Å². The minimum atomic E-state index is -1.42. The lowest BCUT2D eigenvalue weighted by molar-refractivity contribution is -0.142. The zero-order chi connectivity index (χ0) is 23.0. The molecule has 0 radical (unpaired) electrons. The van der Waals surface area contributed by atoms with Crippen LogP contribution in [0.25, 0.3) is 0 Å². The number of hydrogen-bond acceptors (Lipinski definition) is 7. The highest BCUT2D eigenvalue weighted by atomic mass is 32.1. The Hall–Kier alpha value is -3.18. The van der Waals surface area contributed by atoms with Gasteiger partial charge in [-0.25, -0.2) is 23.6 Å². The number of aliphatic imine (C=N–C) groups is 1. The summed E-state index contributed by atoms with van der Waals surface area (Å²) in [4.78, 5) is 34.3. The lowest BCUT2D eigenvalue weighted by Gasteiger charge is -2.35. The highest BCUT2D eigenvalue weighted by Gasteiger charge is 2.44. The summed E-state index contributed by atoms with van der Waals surface area (Å²) in [6.07, 6.45) is 0.0711. The standard InChI is InChI=1S/C21H20F2N4O4S/c1-21(11-2-4-12(22)5-3-11)16(20(30)31)14(25-17(26-21)18-24-6-7-32-18)10-27-9-13(23)8-15(27)19(28)29/h2-7,13,15H,8-10H2,1H3,(H,25,26)(H,28,29)(H,30,31)/t13-,15-,21-/m0/s1. The molecule has 0 aliphatic carbocycles. The van der Waals surface area contributed by atoms with Crippen LogP contribution in [0.3, 0.4) is 0 Å². The second kappa shape index (κ2) is 8.40. The number of carboxylic acids is 2. The van der Waals surface area contributed by atoms with Crippen molar-refractivity contribution in [2.24, 2.45) is 4.99 Å². The van der Waals surface area contributed by atoms with E-state index in [1.807, 2.05) is 0 Å². The molecule has 2 aromatic rings.